The molecule has 1 heterocycles. The molecular weight excluding hydrogens is 394 g/mol. The summed E-state index contributed by atoms with van der Waals surface area (Å²) < 4.78 is 2.11. The standard InChI is InChI=1S/C25H28ClN3O/c1-19-10-12-21(13-11-19)25(30)29(23-8-3-2-4-9-23)18-24-27-14-15-28(24)17-20-6-5-7-22(26)16-20/h5-7,10-16,23H,2-4,8-9,17-18H2,1H3. The maximum absolute atomic E-state index is 13.5. The van der Waals surface area contributed by atoms with Crippen molar-refractivity contribution in [3.05, 3.63) is 88.5 Å². The minimum atomic E-state index is 0.0965. The van der Waals surface area contributed by atoms with Crippen molar-refractivity contribution in [3.8, 4) is 0 Å². The fraction of sp³-hybridized carbons (Fsp3) is 0.360. The Kier molecular flexibility index (Phi) is 6.53. The van der Waals surface area contributed by atoms with E-state index in [0.29, 0.717) is 13.1 Å². The smallest absolute Gasteiger partial charge is 0.254 e. The van der Waals surface area contributed by atoms with Crippen molar-refractivity contribution in [2.75, 3.05) is 0 Å². The third-order valence-corrected chi connectivity index (χ3v) is 6.17. The number of carbonyl (C=O) groups is 1. The number of imidazole rings is 1. The van der Waals surface area contributed by atoms with Gasteiger partial charge in [-0.2, -0.15) is 0 Å². The van der Waals surface area contributed by atoms with Gasteiger partial charge in [0.2, 0.25) is 0 Å². The van der Waals surface area contributed by atoms with Crippen LogP contribution in [-0.4, -0.2) is 26.4 Å². The van der Waals surface area contributed by atoms with E-state index in [2.05, 4.69) is 15.6 Å². The molecule has 1 aliphatic carbocycles. The Labute approximate surface area is 183 Å². The van der Waals surface area contributed by atoms with E-state index in [1.54, 1.807) is 0 Å². The van der Waals surface area contributed by atoms with Crippen molar-refractivity contribution in [1.82, 2.24) is 14.5 Å². The van der Waals surface area contributed by atoms with Crippen molar-refractivity contribution in [1.29, 1.82) is 0 Å². The Morgan fingerprint density at radius 2 is 1.90 bits per heavy atom. The van der Waals surface area contributed by atoms with E-state index in [-0.39, 0.29) is 11.9 Å². The predicted octanol–water partition coefficient (Wildman–Crippen LogP) is 5.87. The van der Waals surface area contributed by atoms with Crippen molar-refractivity contribution in [2.45, 2.75) is 58.2 Å². The molecule has 1 fully saturated rings. The van der Waals surface area contributed by atoms with E-state index in [4.69, 9.17) is 11.6 Å². The normalized spacial score (nSPS) is 14.6. The van der Waals surface area contributed by atoms with Gasteiger partial charge in [0.15, 0.2) is 0 Å². The Hall–Kier alpha value is -2.59. The van der Waals surface area contributed by atoms with Crippen LogP contribution in [0.15, 0.2) is 60.9 Å². The molecule has 30 heavy (non-hydrogen) atoms. The average molecular weight is 422 g/mol. The van der Waals surface area contributed by atoms with E-state index in [0.717, 1.165) is 40.4 Å². The fourth-order valence-electron chi connectivity index (χ4n) is 4.24. The molecule has 1 aliphatic rings. The van der Waals surface area contributed by atoms with Crippen LogP contribution in [0.4, 0.5) is 0 Å². The minimum Gasteiger partial charge on any atom is -0.329 e. The van der Waals surface area contributed by atoms with Crippen LogP contribution in [0.5, 0.6) is 0 Å². The predicted molar refractivity (Wildman–Crippen MR) is 121 cm³/mol. The van der Waals surface area contributed by atoms with E-state index < -0.39 is 0 Å². The van der Waals surface area contributed by atoms with Crippen molar-refractivity contribution >= 4 is 17.5 Å². The molecule has 1 aromatic heterocycles. The number of hydrogen-bond acceptors (Lipinski definition) is 2. The second-order valence-electron chi connectivity index (χ2n) is 8.19. The Morgan fingerprint density at radius 3 is 2.63 bits per heavy atom. The van der Waals surface area contributed by atoms with Gasteiger partial charge in [0.1, 0.15) is 5.82 Å². The highest BCUT2D eigenvalue weighted by atomic mass is 35.5. The molecule has 0 spiro atoms. The van der Waals surface area contributed by atoms with Crippen LogP contribution < -0.4 is 0 Å². The summed E-state index contributed by atoms with van der Waals surface area (Å²) in [6.45, 7) is 3.25. The molecule has 0 N–H and O–H groups in total. The van der Waals surface area contributed by atoms with Gasteiger partial charge in [-0.1, -0.05) is 60.7 Å². The van der Waals surface area contributed by atoms with Gasteiger partial charge < -0.3 is 9.47 Å². The maximum atomic E-state index is 13.5. The molecule has 0 atom stereocenters. The van der Waals surface area contributed by atoms with Crippen LogP contribution in [0.25, 0.3) is 0 Å². The minimum absolute atomic E-state index is 0.0965. The Bertz CT molecular complexity index is 990. The van der Waals surface area contributed by atoms with E-state index >= 15 is 0 Å². The molecule has 1 amide bonds. The van der Waals surface area contributed by atoms with Crippen molar-refractivity contribution in [2.24, 2.45) is 0 Å². The number of aryl methyl sites for hydroxylation is 1. The molecule has 0 unspecified atom stereocenters. The number of benzene rings is 2. The third-order valence-electron chi connectivity index (χ3n) is 5.93. The molecule has 4 nitrogen and oxygen atoms in total. The van der Waals surface area contributed by atoms with E-state index in [1.807, 2.05) is 66.7 Å². The summed E-state index contributed by atoms with van der Waals surface area (Å²) in [6.07, 6.45) is 9.53. The summed E-state index contributed by atoms with van der Waals surface area (Å²) in [5.74, 6) is 1.00. The third kappa shape index (κ3) is 4.93. The van der Waals surface area contributed by atoms with Gasteiger partial charge in [-0.25, -0.2) is 4.98 Å². The number of halogens is 1. The number of nitrogens with zero attached hydrogens (tertiary/aromatic N) is 3. The van der Waals surface area contributed by atoms with Crippen LogP contribution in [0.3, 0.4) is 0 Å². The zero-order chi connectivity index (χ0) is 20.9. The summed E-state index contributed by atoms with van der Waals surface area (Å²) in [5, 5.41) is 0.729. The quantitative estimate of drug-likeness (QED) is 0.499. The number of carbonyl (C=O) groups excluding carboxylic acids is 1. The summed E-state index contributed by atoms with van der Waals surface area (Å²) in [5.41, 5.74) is 3.03. The highest BCUT2D eigenvalue weighted by Crippen LogP contribution is 2.26. The molecule has 0 aliphatic heterocycles. The largest absolute Gasteiger partial charge is 0.329 e. The lowest BCUT2D eigenvalue weighted by Crippen LogP contribution is -2.41. The monoisotopic (exact) mass is 421 g/mol. The Balaban J connectivity index is 1.58. The van der Waals surface area contributed by atoms with Gasteiger partial charge in [0.25, 0.3) is 5.91 Å². The van der Waals surface area contributed by atoms with Crippen LogP contribution >= 0.6 is 11.6 Å². The van der Waals surface area contributed by atoms with Gasteiger partial charge >= 0.3 is 0 Å². The SMILES string of the molecule is Cc1ccc(C(=O)N(Cc2nccn2Cc2cccc(Cl)c2)C2CCCCC2)cc1. The molecule has 4 rings (SSSR count). The zero-order valence-corrected chi connectivity index (χ0v) is 18.2. The summed E-state index contributed by atoms with van der Waals surface area (Å²) in [7, 11) is 0. The van der Waals surface area contributed by atoms with Gasteiger partial charge in [0, 0.05) is 35.6 Å². The fourth-order valence-corrected chi connectivity index (χ4v) is 4.45. The number of rotatable bonds is 6. The molecule has 5 heteroatoms. The first-order chi connectivity index (χ1) is 14.6. The molecule has 156 valence electrons. The van der Waals surface area contributed by atoms with Crippen molar-refractivity contribution < 1.29 is 4.79 Å². The number of amides is 1. The Morgan fingerprint density at radius 1 is 1.13 bits per heavy atom. The highest BCUT2D eigenvalue weighted by molar-refractivity contribution is 6.30. The summed E-state index contributed by atoms with van der Waals surface area (Å²) in [4.78, 5) is 20.1. The van der Waals surface area contributed by atoms with E-state index in [9.17, 15) is 4.79 Å². The first-order valence-corrected chi connectivity index (χ1v) is 11.1. The van der Waals surface area contributed by atoms with Gasteiger partial charge in [-0.15, -0.1) is 0 Å². The molecule has 0 radical (unpaired) electrons. The summed E-state index contributed by atoms with van der Waals surface area (Å²) >= 11 is 6.15. The second kappa shape index (κ2) is 9.48. The lowest BCUT2D eigenvalue weighted by atomic mass is 9.93. The molecule has 3 aromatic rings. The first-order valence-electron chi connectivity index (χ1n) is 10.7. The van der Waals surface area contributed by atoms with Gasteiger partial charge in [-0.05, 0) is 49.6 Å². The number of hydrogen-bond donors (Lipinski definition) is 0. The molecule has 2 aromatic carbocycles. The van der Waals surface area contributed by atoms with Gasteiger partial charge in [0.05, 0.1) is 6.54 Å². The van der Waals surface area contributed by atoms with Crippen LogP contribution in [-0.2, 0) is 13.1 Å². The van der Waals surface area contributed by atoms with Crippen molar-refractivity contribution in [3.63, 3.8) is 0 Å². The molecule has 1 saturated carbocycles. The average Bonchev–Trinajstić information content (AvgIpc) is 3.19. The summed E-state index contributed by atoms with van der Waals surface area (Å²) in [6, 6.07) is 16.0. The van der Waals surface area contributed by atoms with Gasteiger partial charge in [-0.3, -0.25) is 4.79 Å². The van der Waals surface area contributed by atoms with Crippen LogP contribution in [0.1, 0.15) is 59.4 Å². The number of aromatic nitrogens is 2. The lowest BCUT2D eigenvalue weighted by Gasteiger charge is -2.34. The zero-order valence-electron chi connectivity index (χ0n) is 17.4. The molecule has 0 bridgehead atoms. The van der Waals surface area contributed by atoms with Crippen LogP contribution in [0.2, 0.25) is 5.02 Å². The molecular formula is C25H28ClN3O. The first kappa shape index (κ1) is 20.7. The highest BCUT2D eigenvalue weighted by Gasteiger charge is 2.27. The van der Waals surface area contributed by atoms with E-state index in [1.165, 1.54) is 19.3 Å². The topological polar surface area (TPSA) is 38.1 Å². The molecule has 0 saturated heterocycles. The lowest BCUT2D eigenvalue weighted by molar-refractivity contribution is 0.0605. The van der Waals surface area contributed by atoms with Crippen LogP contribution in [0, 0.1) is 6.92 Å². The maximum Gasteiger partial charge on any atom is 0.254 e. The second-order valence-corrected chi connectivity index (χ2v) is 8.63.